The molecule has 1 atom stereocenters. The molecule has 1 unspecified atom stereocenters. The summed E-state index contributed by atoms with van der Waals surface area (Å²) >= 11 is 0. The highest BCUT2D eigenvalue weighted by atomic mass is 16.5. The number of carbonyl (C=O) groups is 2. The van der Waals surface area contributed by atoms with E-state index in [0.717, 1.165) is 25.7 Å². The Labute approximate surface area is 161 Å². The maximum atomic E-state index is 12.6. The lowest BCUT2D eigenvalue weighted by molar-refractivity contribution is -0.135. The van der Waals surface area contributed by atoms with Crippen LogP contribution in [0.15, 0.2) is 0 Å². The standard InChI is InChI=1S/C21H42N2O3/c1-6-9-11-12-16-21(4,15-10-7-2)23(5)20(25)13-17-22-19(24)14-18-26-8-3/h6-18H2,1-5H3,(H,22,24). The Morgan fingerprint density at radius 2 is 1.62 bits per heavy atom. The summed E-state index contributed by atoms with van der Waals surface area (Å²) < 4.78 is 5.17. The molecule has 0 aromatic carbocycles. The van der Waals surface area contributed by atoms with Gasteiger partial charge >= 0.3 is 0 Å². The van der Waals surface area contributed by atoms with Crippen LogP contribution in [0, 0.1) is 0 Å². The smallest absolute Gasteiger partial charge is 0.224 e. The van der Waals surface area contributed by atoms with Crippen LogP contribution in [0.1, 0.15) is 91.9 Å². The van der Waals surface area contributed by atoms with E-state index in [0.29, 0.717) is 32.6 Å². The summed E-state index contributed by atoms with van der Waals surface area (Å²) in [5.41, 5.74) is -0.0835. The fraction of sp³-hybridized carbons (Fsp3) is 0.905. The molecule has 0 heterocycles. The van der Waals surface area contributed by atoms with Gasteiger partial charge in [-0.05, 0) is 26.7 Å². The third kappa shape index (κ3) is 10.8. The van der Waals surface area contributed by atoms with Crippen molar-refractivity contribution in [1.29, 1.82) is 0 Å². The summed E-state index contributed by atoms with van der Waals surface area (Å²) in [6.45, 7) is 9.98. The predicted octanol–water partition coefficient (Wildman–Crippen LogP) is 4.30. The van der Waals surface area contributed by atoms with Crippen LogP contribution in [-0.4, -0.2) is 49.1 Å². The van der Waals surface area contributed by atoms with Gasteiger partial charge < -0.3 is 15.0 Å². The van der Waals surface area contributed by atoms with Gasteiger partial charge in [-0.3, -0.25) is 9.59 Å². The van der Waals surface area contributed by atoms with Gasteiger partial charge in [0.05, 0.1) is 6.61 Å². The third-order valence-electron chi connectivity index (χ3n) is 5.16. The predicted molar refractivity (Wildman–Crippen MR) is 108 cm³/mol. The van der Waals surface area contributed by atoms with Crippen molar-refractivity contribution in [1.82, 2.24) is 10.2 Å². The molecule has 0 aliphatic carbocycles. The highest BCUT2D eigenvalue weighted by Crippen LogP contribution is 2.28. The van der Waals surface area contributed by atoms with Gasteiger partial charge in [0.15, 0.2) is 0 Å². The second-order valence-electron chi connectivity index (χ2n) is 7.41. The third-order valence-corrected chi connectivity index (χ3v) is 5.16. The monoisotopic (exact) mass is 370 g/mol. The van der Waals surface area contributed by atoms with Crippen LogP contribution in [0.25, 0.3) is 0 Å². The van der Waals surface area contributed by atoms with E-state index in [-0.39, 0.29) is 17.4 Å². The summed E-state index contributed by atoms with van der Waals surface area (Å²) in [6.07, 6.45) is 9.96. The lowest BCUT2D eigenvalue weighted by Crippen LogP contribution is -2.48. The molecule has 1 N–H and O–H groups in total. The molecule has 26 heavy (non-hydrogen) atoms. The Bertz CT molecular complexity index is 387. The Morgan fingerprint density at radius 3 is 2.23 bits per heavy atom. The maximum absolute atomic E-state index is 12.6. The van der Waals surface area contributed by atoms with Crippen molar-refractivity contribution < 1.29 is 14.3 Å². The largest absolute Gasteiger partial charge is 0.381 e. The first-order valence-corrected chi connectivity index (χ1v) is 10.5. The lowest BCUT2D eigenvalue weighted by atomic mass is 9.87. The fourth-order valence-corrected chi connectivity index (χ4v) is 3.13. The van der Waals surface area contributed by atoms with E-state index in [1.165, 1.54) is 25.7 Å². The van der Waals surface area contributed by atoms with Crippen LogP contribution < -0.4 is 5.32 Å². The molecule has 154 valence electrons. The Kier molecular flexibility index (Phi) is 14.4. The molecule has 0 rings (SSSR count). The molecular formula is C21H42N2O3. The zero-order valence-electron chi connectivity index (χ0n) is 17.9. The molecule has 0 saturated heterocycles. The number of ether oxygens (including phenoxy) is 1. The molecule has 0 saturated carbocycles. The van der Waals surface area contributed by atoms with Crippen molar-refractivity contribution in [2.75, 3.05) is 26.8 Å². The highest BCUT2D eigenvalue weighted by molar-refractivity contribution is 5.79. The minimum Gasteiger partial charge on any atom is -0.381 e. The van der Waals surface area contributed by atoms with Crippen LogP contribution in [0.5, 0.6) is 0 Å². The van der Waals surface area contributed by atoms with E-state index < -0.39 is 0 Å². The minimum atomic E-state index is -0.0835. The zero-order chi connectivity index (χ0) is 19.8. The van der Waals surface area contributed by atoms with E-state index in [2.05, 4.69) is 26.1 Å². The number of rotatable bonds is 16. The van der Waals surface area contributed by atoms with Gasteiger partial charge in [0.2, 0.25) is 11.8 Å². The van der Waals surface area contributed by atoms with Crippen LogP contribution in [0.3, 0.4) is 0 Å². The van der Waals surface area contributed by atoms with Crippen molar-refractivity contribution >= 4 is 11.8 Å². The molecule has 0 radical (unpaired) electrons. The topological polar surface area (TPSA) is 58.6 Å². The van der Waals surface area contributed by atoms with Gasteiger partial charge in [0.1, 0.15) is 0 Å². The summed E-state index contributed by atoms with van der Waals surface area (Å²) in [5, 5.41) is 2.82. The van der Waals surface area contributed by atoms with E-state index in [4.69, 9.17) is 4.74 Å². The van der Waals surface area contributed by atoms with Crippen LogP contribution in [0.4, 0.5) is 0 Å². The van der Waals surface area contributed by atoms with Crippen LogP contribution in [0.2, 0.25) is 0 Å². The number of unbranched alkanes of at least 4 members (excludes halogenated alkanes) is 4. The first kappa shape index (κ1) is 24.9. The molecule has 5 heteroatoms. The molecule has 0 spiro atoms. The summed E-state index contributed by atoms with van der Waals surface area (Å²) in [6, 6.07) is 0. The average molecular weight is 371 g/mol. The fourth-order valence-electron chi connectivity index (χ4n) is 3.13. The normalized spacial score (nSPS) is 13.3. The van der Waals surface area contributed by atoms with Gasteiger partial charge in [-0.1, -0.05) is 52.4 Å². The zero-order valence-corrected chi connectivity index (χ0v) is 17.9. The van der Waals surface area contributed by atoms with Gasteiger partial charge in [-0.25, -0.2) is 0 Å². The minimum absolute atomic E-state index is 0.0535. The number of nitrogens with zero attached hydrogens (tertiary/aromatic N) is 1. The van der Waals surface area contributed by atoms with Crippen molar-refractivity contribution in [2.45, 2.75) is 97.4 Å². The van der Waals surface area contributed by atoms with Crippen molar-refractivity contribution in [3.63, 3.8) is 0 Å². The van der Waals surface area contributed by atoms with Crippen molar-refractivity contribution in [2.24, 2.45) is 0 Å². The van der Waals surface area contributed by atoms with E-state index in [1.807, 2.05) is 18.9 Å². The van der Waals surface area contributed by atoms with Gasteiger partial charge in [0, 0.05) is 38.6 Å². The number of nitrogens with one attached hydrogen (secondary N) is 1. The average Bonchev–Trinajstić information content (AvgIpc) is 2.63. The quantitative estimate of drug-likeness (QED) is 0.412. The number of hydrogen-bond acceptors (Lipinski definition) is 3. The lowest BCUT2D eigenvalue weighted by Gasteiger charge is -2.40. The molecule has 0 aromatic heterocycles. The van der Waals surface area contributed by atoms with E-state index >= 15 is 0 Å². The Hall–Kier alpha value is -1.10. The second kappa shape index (κ2) is 15.0. The first-order chi connectivity index (χ1) is 12.4. The molecule has 0 bridgehead atoms. The Balaban J connectivity index is 4.41. The highest BCUT2D eigenvalue weighted by Gasteiger charge is 2.31. The van der Waals surface area contributed by atoms with Gasteiger partial charge in [-0.15, -0.1) is 0 Å². The molecule has 0 fully saturated rings. The number of carbonyl (C=O) groups excluding carboxylic acids is 2. The van der Waals surface area contributed by atoms with E-state index in [9.17, 15) is 9.59 Å². The van der Waals surface area contributed by atoms with Gasteiger partial charge in [0.25, 0.3) is 0 Å². The Morgan fingerprint density at radius 1 is 0.962 bits per heavy atom. The van der Waals surface area contributed by atoms with Gasteiger partial charge in [-0.2, -0.15) is 0 Å². The van der Waals surface area contributed by atoms with Crippen LogP contribution in [-0.2, 0) is 14.3 Å². The van der Waals surface area contributed by atoms with Crippen molar-refractivity contribution in [3.05, 3.63) is 0 Å². The molecule has 0 aromatic rings. The van der Waals surface area contributed by atoms with Crippen LogP contribution >= 0.6 is 0 Å². The number of amides is 2. The summed E-state index contributed by atoms with van der Waals surface area (Å²) in [4.78, 5) is 26.3. The molecule has 0 aliphatic heterocycles. The second-order valence-corrected chi connectivity index (χ2v) is 7.41. The van der Waals surface area contributed by atoms with Crippen molar-refractivity contribution in [3.8, 4) is 0 Å². The molecule has 0 aliphatic rings. The van der Waals surface area contributed by atoms with E-state index in [1.54, 1.807) is 0 Å². The SMILES string of the molecule is CCCCCCC(C)(CCCC)N(C)C(=O)CCNC(=O)CCOCC. The molecule has 5 nitrogen and oxygen atoms in total. The summed E-state index contributed by atoms with van der Waals surface area (Å²) in [5.74, 6) is 0.0615. The summed E-state index contributed by atoms with van der Waals surface area (Å²) in [7, 11) is 1.93. The number of hydrogen-bond donors (Lipinski definition) is 1. The molecule has 2 amide bonds. The first-order valence-electron chi connectivity index (χ1n) is 10.5. The molecular weight excluding hydrogens is 328 g/mol. The maximum Gasteiger partial charge on any atom is 0.224 e.